The highest BCUT2D eigenvalue weighted by atomic mass is 16.4. The van der Waals surface area contributed by atoms with Crippen LogP contribution < -0.4 is 5.32 Å². The van der Waals surface area contributed by atoms with E-state index in [0.29, 0.717) is 6.42 Å². The summed E-state index contributed by atoms with van der Waals surface area (Å²) >= 11 is 0. The normalized spacial score (nSPS) is 58.0. The van der Waals surface area contributed by atoms with Crippen molar-refractivity contribution in [3.05, 3.63) is 0 Å². The molecule has 0 aromatic heterocycles. The Labute approximate surface area is 69.6 Å². The third-order valence-corrected chi connectivity index (χ3v) is 2.99. The van der Waals surface area contributed by atoms with Crippen molar-refractivity contribution < 1.29 is 25.7 Å². The number of aliphatic hydroxyl groups excluding tert-OH is 3. The molecule has 70 valence electrons. The van der Waals surface area contributed by atoms with Gasteiger partial charge in [-0.2, -0.15) is 0 Å². The van der Waals surface area contributed by atoms with Crippen LogP contribution >= 0.6 is 0 Å². The molecule has 0 unspecified atom stereocenters. The van der Waals surface area contributed by atoms with E-state index in [9.17, 15) is 15.3 Å². The van der Waals surface area contributed by atoms with Crippen LogP contribution in [0, 0.1) is 0 Å². The van der Waals surface area contributed by atoms with E-state index in [1.54, 1.807) is 5.32 Å². The molecule has 5 nitrogen and oxygen atoms in total. The zero-order valence-corrected chi connectivity index (χ0v) is 6.59. The Kier molecular flexibility index (Phi) is 1.68. The van der Waals surface area contributed by atoms with Crippen LogP contribution in [0.5, 0.6) is 0 Å². The van der Waals surface area contributed by atoms with Crippen molar-refractivity contribution in [1.82, 2.24) is 0 Å². The molecule has 0 aromatic carbocycles. The largest absolute Gasteiger partial charge is 0.390 e. The molecule has 6 N–H and O–H groups in total. The second-order valence-electron chi connectivity index (χ2n) is 3.78. The SMILES string of the molecule is OC[C@H]1[NH2+][C@@H]2C[C@]2(O)[C@@H](O)[C@@H]1O. The number of rotatable bonds is 1. The van der Waals surface area contributed by atoms with E-state index in [-0.39, 0.29) is 12.6 Å². The number of quaternary nitrogens is 1. The van der Waals surface area contributed by atoms with Gasteiger partial charge in [0.1, 0.15) is 24.3 Å². The molecule has 1 aliphatic heterocycles. The van der Waals surface area contributed by atoms with E-state index in [2.05, 4.69) is 0 Å². The fourth-order valence-corrected chi connectivity index (χ4v) is 1.98. The maximum Gasteiger partial charge on any atom is 0.150 e. The average Bonchev–Trinajstić information content (AvgIpc) is 2.71. The first-order chi connectivity index (χ1) is 5.59. The van der Waals surface area contributed by atoms with Gasteiger partial charge in [0.2, 0.25) is 0 Å². The number of fused-ring (bicyclic) bond motifs is 1. The number of nitrogens with two attached hydrogens (primary N) is 1. The number of hydrogen-bond acceptors (Lipinski definition) is 4. The summed E-state index contributed by atoms with van der Waals surface area (Å²) in [6.45, 7) is -0.176. The zero-order valence-electron chi connectivity index (χ0n) is 6.59. The van der Waals surface area contributed by atoms with Gasteiger partial charge in [-0.15, -0.1) is 0 Å². The molecule has 0 radical (unpaired) electrons. The van der Waals surface area contributed by atoms with Crippen LogP contribution in [0.2, 0.25) is 0 Å². The van der Waals surface area contributed by atoms with Gasteiger partial charge in [-0.05, 0) is 0 Å². The van der Waals surface area contributed by atoms with Crippen LogP contribution in [0.4, 0.5) is 0 Å². The molecule has 1 heterocycles. The van der Waals surface area contributed by atoms with Gasteiger partial charge >= 0.3 is 0 Å². The molecule has 1 saturated heterocycles. The molecule has 5 heteroatoms. The Morgan fingerprint density at radius 2 is 2.08 bits per heavy atom. The minimum atomic E-state index is -1.11. The highest BCUT2D eigenvalue weighted by molar-refractivity contribution is 5.13. The Balaban J connectivity index is 2.11. The van der Waals surface area contributed by atoms with Crippen molar-refractivity contribution in [3.63, 3.8) is 0 Å². The molecule has 1 aliphatic carbocycles. The quantitative estimate of drug-likeness (QED) is 0.282. The summed E-state index contributed by atoms with van der Waals surface area (Å²) in [5.74, 6) is 0. The van der Waals surface area contributed by atoms with Crippen LogP contribution in [0.1, 0.15) is 6.42 Å². The topological polar surface area (TPSA) is 97.5 Å². The predicted molar refractivity (Wildman–Crippen MR) is 38.2 cm³/mol. The van der Waals surface area contributed by atoms with E-state index in [0.717, 1.165) is 0 Å². The van der Waals surface area contributed by atoms with Crippen molar-refractivity contribution in [2.24, 2.45) is 0 Å². The molecule has 2 rings (SSSR count). The summed E-state index contributed by atoms with van der Waals surface area (Å²) in [6, 6.07) is -0.444. The third-order valence-electron chi connectivity index (χ3n) is 2.99. The molecular formula is C7H14NO4+. The number of piperidine rings is 1. The van der Waals surface area contributed by atoms with Crippen LogP contribution in [0.3, 0.4) is 0 Å². The summed E-state index contributed by atoms with van der Waals surface area (Å²) in [5, 5.41) is 38.9. The second kappa shape index (κ2) is 2.40. The van der Waals surface area contributed by atoms with Crippen molar-refractivity contribution in [1.29, 1.82) is 0 Å². The molecule has 5 atom stereocenters. The zero-order chi connectivity index (χ0) is 8.93. The van der Waals surface area contributed by atoms with Crippen molar-refractivity contribution in [2.75, 3.05) is 6.61 Å². The van der Waals surface area contributed by atoms with Crippen LogP contribution in [0.15, 0.2) is 0 Å². The van der Waals surface area contributed by atoms with Gasteiger partial charge in [0, 0.05) is 6.42 Å². The summed E-state index contributed by atoms with van der Waals surface area (Å²) in [5.41, 5.74) is -1.11. The first-order valence-corrected chi connectivity index (χ1v) is 4.14. The lowest BCUT2D eigenvalue weighted by atomic mass is 9.96. The van der Waals surface area contributed by atoms with Crippen molar-refractivity contribution in [3.8, 4) is 0 Å². The van der Waals surface area contributed by atoms with Gasteiger partial charge in [0.25, 0.3) is 0 Å². The first kappa shape index (κ1) is 8.40. The molecule has 1 saturated carbocycles. The summed E-state index contributed by atoms with van der Waals surface area (Å²) in [6.07, 6.45) is -1.63. The first-order valence-electron chi connectivity index (χ1n) is 4.14. The molecule has 12 heavy (non-hydrogen) atoms. The fraction of sp³-hybridized carbons (Fsp3) is 1.00. The maximum atomic E-state index is 9.58. The smallest absolute Gasteiger partial charge is 0.150 e. The lowest BCUT2D eigenvalue weighted by molar-refractivity contribution is -0.726. The van der Waals surface area contributed by atoms with E-state index in [4.69, 9.17) is 5.11 Å². The van der Waals surface area contributed by atoms with Gasteiger partial charge in [0.15, 0.2) is 5.60 Å². The Morgan fingerprint density at radius 3 is 2.67 bits per heavy atom. The van der Waals surface area contributed by atoms with Gasteiger partial charge < -0.3 is 25.7 Å². The third kappa shape index (κ3) is 0.915. The lowest BCUT2D eigenvalue weighted by Crippen LogP contribution is -2.99. The second-order valence-corrected chi connectivity index (χ2v) is 3.78. The molecule has 0 spiro atoms. The molecule has 2 aliphatic rings. The average molecular weight is 176 g/mol. The fourth-order valence-electron chi connectivity index (χ4n) is 1.98. The summed E-state index contributed by atoms with van der Waals surface area (Å²) < 4.78 is 0. The van der Waals surface area contributed by atoms with Crippen molar-refractivity contribution in [2.45, 2.75) is 36.3 Å². The van der Waals surface area contributed by atoms with Gasteiger partial charge in [0.05, 0.1) is 6.61 Å². The molecule has 2 fully saturated rings. The summed E-state index contributed by atoms with van der Waals surface area (Å²) in [7, 11) is 0. The number of aliphatic hydroxyl groups is 4. The molecule has 0 bridgehead atoms. The highest BCUT2D eigenvalue weighted by Crippen LogP contribution is 2.40. The van der Waals surface area contributed by atoms with E-state index in [1.807, 2.05) is 0 Å². The van der Waals surface area contributed by atoms with E-state index < -0.39 is 23.9 Å². The molecule has 0 aromatic rings. The van der Waals surface area contributed by atoms with Crippen LogP contribution in [-0.2, 0) is 0 Å². The maximum absolute atomic E-state index is 9.58. The monoisotopic (exact) mass is 176 g/mol. The van der Waals surface area contributed by atoms with Gasteiger partial charge in [-0.1, -0.05) is 0 Å². The molecule has 0 amide bonds. The van der Waals surface area contributed by atoms with E-state index in [1.165, 1.54) is 0 Å². The van der Waals surface area contributed by atoms with Crippen LogP contribution in [-0.4, -0.2) is 56.9 Å². The van der Waals surface area contributed by atoms with Gasteiger partial charge in [-0.25, -0.2) is 0 Å². The highest BCUT2D eigenvalue weighted by Gasteiger charge is 2.68. The minimum Gasteiger partial charge on any atom is -0.390 e. The minimum absolute atomic E-state index is 0.0481. The van der Waals surface area contributed by atoms with E-state index >= 15 is 0 Å². The lowest BCUT2D eigenvalue weighted by Gasteiger charge is -2.31. The predicted octanol–water partition coefficient (Wildman–Crippen LogP) is -3.85. The Hall–Kier alpha value is -0.200. The Bertz CT molecular complexity index is 200. The standard InChI is InChI=1S/C7H13NO4/c9-2-3-5(10)6(11)7(12)1-4(7)8-3/h3-6,8-12H,1-2H2/p+1/t3-,4-,5-,6+,7-/m1/s1. The molecular weight excluding hydrogens is 162 g/mol. The Morgan fingerprint density at radius 1 is 1.42 bits per heavy atom. The summed E-state index contributed by atoms with van der Waals surface area (Å²) in [4.78, 5) is 0. The number of hydrogen-bond donors (Lipinski definition) is 5. The van der Waals surface area contributed by atoms with Gasteiger partial charge in [-0.3, -0.25) is 0 Å². The van der Waals surface area contributed by atoms with Crippen molar-refractivity contribution >= 4 is 0 Å². The van der Waals surface area contributed by atoms with Crippen LogP contribution in [0.25, 0.3) is 0 Å².